The first-order valence-corrected chi connectivity index (χ1v) is 7.53. The van der Waals surface area contributed by atoms with Gasteiger partial charge >= 0.3 is 0 Å². The van der Waals surface area contributed by atoms with Gasteiger partial charge in [0.25, 0.3) is 0 Å². The molecule has 1 aromatic rings. The molecule has 0 saturated heterocycles. The maximum atomic E-state index is 9.55. The number of nitrogens with one attached hydrogen (secondary N) is 1. The van der Waals surface area contributed by atoms with E-state index >= 15 is 0 Å². The van der Waals surface area contributed by atoms with Gasteiger partial charge in [0.1, 0.15) is 0 Å². The highest BCUT2D eigenvalue weighted by Crippen LogP contribution is 2.41. The minimum Gasteiger partial charge on any atom is -0.395 e. The van der Waals surface area contributed by atoms with Crippen molar-refractivity contribution in [3.8, 4) is 0 Å². The molecule has 0 aromatic heterocycles. The van der Waals surface area contributed by atoms with Crippen LogP contribution in [0.2, 0.25) is 0 Å². The molecule has 2 nitrogen and oxygen atoms in total. The Hall–Kier alpha value is -0.860. The predicted octanol–water partition coefficient (Wildman–Crippen LogP) is 3.44. The minimum atomic E-state index is 0.215. The van der Waals surface area contributed by atoms with Crippen LogP contribution < -0.4 is 5.32 Å². The molecule has 0 radical (unpaired) electrons. The highest BCUT2D eigenvalue weighted by atomic mass is 16.3. The zero-order valence-corrected chi connectivity index (χ0v) is 12.4. The van der Waals surface area contributed by atoms with Crippen molar-refractivity contribution in [1.29, 1.82) is 0 Å². The van der Waals surface area contributed by atoms with E-state index in [0.717, 1.165) is 12.3 Å². The highest BCUT2D eigenvalue weighted by molar-refractivity contribution is 5.25. The Morgan fingerprint density at radius 1 is 1.21 bits per heavy atom. The molecule has 2 unspecified atom stereocenters. The summed E-state index contributed by atoms with van der Waals surface area (Å²) in [5.74, 6) is 1.37. The lowest BCUT2D eigenvalue weighted by atomic mass is 9.97. The van der Waals surface area contributed by atoms with E-state index in [9.17, 15) is 5.11 Å². The maximum absolute atomic E-state index is 9.55. The van der Waals surface area contributed by atoms with E-state index < -0.39 is 0 Å². The summed E-state index contributed by atoms with van der Waals surface area (Å²) < 4.78 is 0. The molecule has 2 heteroatoms. The van der Waals surface area contributed by atoms with Crippen molar-refractivity contribution in [2.45, 2.75) is 52.1 Å². The zero-order chi connectivity index (χ0) is 13.8. The Labute approximate surface area is 117 Å². The maximum Gasteiger partial charge on any atom is 0.0584 e. The van der Waals surface area contributed by atoms with E-state index in [0.29, 0.717) is 12.0 Å². The fraction of sp³-hybridized carbons (Fsp3) is 0.647. The summed E-state index contributed by atoms with van der Waals surface area (Å²) in [5, 5.41) is 13.2. The summed E-state index contributed by atoms with van der Waals surface area (Å²) >= 11 is 0. The van der Waals surface area contributed by atoms with Gasteiger partial charge in [0, 0.05) is 12.1 Å². The van der Waals surface area contributed by atoms with Crippen molar-refractivity contribution >= 4 is 0 Å². The van der Waals surface area contributed by atoms with Gasteiger partial charge in [0.2, 0.25) is 0 Å². The fourth-order valence-electron chi connectivity index (χ4n) is 2.73. The summed E-state index contributed by atoms with van der Waals surface area (Å²) in [6.07, 6.45) is 3.66. The topological polar surface area (TPSA) is 32.3 Å². The summed E-state index contributed by atoms with van der Waals surface area (Å²) in [4.78, 5) is 0. The number of benzene rings is 1. The Balaban J connectivity index is 2.05. The first-order valence-electron chi connectivity index (χ1n) is 7.53. The summed E-state index contributed by atoms with van der Waals surface area (Å²) in [6, 6.07) is 9.46. The quantitative estimate of drug-likeness (QED) is 0.788. The molecule has 2 rings (SSSR count). The molecule has 0 amide bonds. The third-order valence-corrected chi connectivity index (χ3v) is 3.92. The third-order valence-electron chi connectivity index (χ3n) is 3.92. The minimum absolute atomic E-state index is 0.215. The third kappa shape index (κ3) is 4.32. The molecule has 2 N–H and O–H groups in total. The van der Waals surface area contributed by atoms with Gasteiger partial charge in [-0.25, -0.2) is 0 Å². The van der Waals surface area contributed by atoms with Crippen LogP contribution in [0, 0.1) is 18.8 Å². The van der Waals surface area contributed by atoms with Gasteiger partial charge in [0.05, 0.1) is 6.61 Å². The first kappa shape index (κ1) is 14.5. The second-order valence-corrected chi connectivity index (χ2v) is 6.40. The number of aryl methyl sites for hydroxylation is 1. The van der Waals surface area contributed by atoms with Crippen LogP contribution in [0.3, 0.4) is 0 Å². The molecule has 1 aliphatic carbocycles. The van der Waals surface area contributed by atoms with E-state index in [1.54, 1.807) is 0 Å². The summed E-state index contributed by atoms with van der Waals surface area (Å²) in [5.41, 5.74) is 2.68. The van der Waals surface area contributed by atoms with Gasteiger partial charge in [-0.1, -0.05) is 43.7 Å². The lowest BCUT2D eigenvalue weighted by Gasteiger charge is -2.26. The average molecular weight is 261 g/mol. The average Bonchev–Trinajstić information content (AvgIpc) is 3.19. The Bertz CT molecular complexity index is 381. The summed E-state index contributed by atoms with van der Waals surface area (Å²) in [7, 11) is 0. The van der Waals surface area contributed by atoms with Crippen LogP contribution in [0.1, 0.15) is 50.3 Å². The molecule has 0 heterocycles. The molecule has 1 fully saturated rings. The van der Waals surface area contributed by atoms with Crippen molar-refractivity contribution in [3.63, 3.8) is 0 Å². The van der Waals surface area contributed by atoms with Crippen LogP contribution in [0.15, 0.2) is 24.3 Å². The lowest BCUT2D eigenvalue weighted by Crippen LogP contribution is -2.37. The van der Waals surface area contributed by atoms with E-state index in [1.165, 1.54) is 24.0 Å². The lowest BCUT2D eigenvalue weighted by molar-refractivity contribution is 0.208. The van der Waals surface area contributed by atoms with Crippen molar-refractivity contribution in [1.82, 2.24) is 5.32 Å². The Kier molecular flexibility index (Phi) is 5.00. The molecular formula is C17H27NO. The highest BCUT2D eigenvalue weighted by Gasteiger charge is 2.33. The number of hydrogen-bond donors (Lipinski definition) is 2. The molecule has 106 valence electrons. The molecule has 0 spiro atoms. The van der Waals surface area contributed by atoms with Gasteiger partial charge < -0.3 is 10.4 Å². The van der Waals surface area contributed by atoms with E-state index in [1.807, 2.05) is 0 Å². The molecule has 19 heavy (non-hydrogen) atoms. The van der Waals surface area contributed by atoms with Gasteiger partial charge in [0.15, 0.2) is 0 Å². The number of hydrogen-bond acceptors (Lipinski definition) is 2. The summed E-state index contributed by atoms with van der Waals surface area (Å²) in [6.45, 7) is 6.77. The van der Waals surface area contributed by atoms with Gasteiger partial charge in [-0.15, -0.1) is 0 Å². The fourth-order valence-corrected chi connectivity index (χ4v) is 2.73. The van der Waals surface area contributed by atoms with Crippen LogP contribution in [0.5, 0.6) is 0 Å². The monoisotopic (exact) mass is 261 g/mol. The van der Waals surface area contributed by atoms with Crippen LogP contribution in [0.4, 0.5) is 0 Å². The molecule has 1 aliphatic rings. The second-order valence-electron chi connectivity index (χ2n) is 6.40. The smallest absolute Gasteiger partial charge is 0.0584 e. The normalized spacial score (nSPS) is 18.6. The van der Waals surface area contributed by atoms with Crippen molar-refractivity contribution in [2.75, 3.05) is 6.61 Å². The molecule has 1 aromatic carbocycles. The van der Waals surface area contributed by atoms with E-state index in [4.69, 9.17) is 0 Å². The second kappa shape index (κ2) is 6.53. The van der Waals surface area contributed by atoms with Crippen molar-refractivity contribution in [3.05, 3.63) is 35.4 Å². The Morgan fingerprint density at radius 2 is 1.84 bits per heavy atom. The number of aliphatic hydroxyl groups is 1. The first-order chi connectivity index (χ1) is 9.10. The number of rotatable bonds is 7. The predicted molar refractivity (Wildman–Crippen MR) is 80.1 cm³/mol. The van der Waals surface area contributed by atoms with Gasteiger partial charge in [-0.2, -0.15) is 0 Å². The molecule has 0 bridgehead atoms. The van der Waals surface area contributed by atoms with Crippen molar-refractivity contribution < 1.29 is 5.11 Å². The molecular weight excluding hydrogens is 234 g/mol. The van der Waals surface area contributed by atoms with Gasteiger partial charge in [-0.05, 0) is 43.6 Å². The standard InChI is InChI=1S/C17H27NO/c1-12(2)10-16(11-19)18-17(15-8-9-15)14-6-4-13(3)5-7-14/h4-7,12,15-19H,8-11H2,1-3H3. The largest absolute Gasteiger partial charge is 0.395 e. The van der Waals surface area contributed by atoms with Crippen LogP contribution in [-0.2, 0) is 0 Å². The SMILES string of the molecule is Cc1ccc(C(NC(CO)CC(C)C)C2CC2)cc1. The van der Waals surface area contributed by atoms with Crippen molar-refractivity contribution in [2.24, 2.45) is 11.8 Å². The van der Waals surface area contributed by atoms with Crippen LogP contribution >= 0.6 is 0 Å². The molecule has 0 aliphatic heterocycles. The van der Waals surface area contributed by atoms with Crippen LogP contribution in [-0.4, -0.2) is 17.8 Å². The zero-order valence-electron chi connectivity index (χ0n) is 12.4. The molecule has 1 saturated carbocycles. The van der Waals surface area contributed by atoms with E-state index in [2.05, 4.69) is 50.4 Å². The van der Waals surface area contributed by atoms with E-state index in [-0.39, 0.29) is 12.6 Å². The number of aliphatic hydroxyl groups excluding tert-OH is 1. The Morgan fingerprint density at radius 3 is 2.32 bits per heavy atom. The van der Waals surface area contributed by atoms with Gasteiger partial charge in [-0.3, -0.25) is 0 Å². The van der Waals surface area contributed by atoms with Crippen LogP contribution in [0.25, 0.3) is 0 Å². The molecule has 2 atom stereocenters.